The van der Waals surface area contributed by atoms with Crippen molar-refractivity contribution in [2.75, 3.05) is 6.61 Å². The molecule has 1 aromatic rings. The molecule has 1 aliphatic carbocycles. The summed E-state index contributed by atoms with van der Waals surface area (Å²) < 4.78 is 25.0. The molecule has 0 spiro atoms. The van der Waals surface area contributed by atoms with Crippen LogP contribution in [0.4, 0.5) is 8.78 Å². The number of hydrogen-bond acceptors (Lipinski definition) is 4. The van der Waals surface area contributed by atoms with Gasteiger partial charge in [0, 0.05) is 0 Å². The minimum absolute atomic E-state index is 0.126. The van der Waals surface area contributed by atoms with Crippen LogP contribution in [0.15, 0.2) is 18.2 Å². The van der Waals surface area contributed by atoms with Crippen LogP contribution in [-0.2, 0) is 16.0 Å². The number of fused-ring (bicyclic) bond motifs is 1. The molecule has 6 heteroatoms. The predicted octanol–water partition coefficient (Wildman–Crippen LogP) is 5.04. The van der Waals surface area contributed by atoms with Gasteiger partial charge >= 0.3 is 12.6 Å². The van der Waals surface area contributed by atoms with Gasteiger partial charge < -0.3 is 9.84 Å². The molecule has 0 heterocycles. The molecule has 2 unspecified atom stereocenters. The van der Waals surface area contributed by atoms with E-state index < -0.39 is 6.61 Å². The second-order valence-corrected chi connectivity index (χ2v) is 7.85. The van der Waals surface area contributed by atoms with Crippen molar-refractivity contribution < 1.29 is 23.4 Å². The lowest BCUT2D eigenvalue weighted by Gasteiger charge is -2.24. The number of ether oxygens (including phenoxy) is 1. The number of carbonyl (C=O) groups excluding carboxylic acids is 1. The summed E-state index contributed by atoms with van der Waals surface area (Å²) in [5, 5.41) is 15.9. The third kappa shape index (κ3) is 7.93. The Balaban J connectivity index is 0.000000892. The van der Waals surface area contributed by atoms with Crippen LogP contribution in [0.25, 0.3) is 0 Å². The normalized spacial score (nSPS) is 18.9. The van der Waals surface area contributed by atoms with Gasteiger partial charge in [-0.15, -0.1) is 0 Å². The van der Waals surface area contributed by atoms with Gasteiger partial charge in [-0.25, -0.2) is 0 Å². The van der Waals surface area contributed by atoms with E-state index in [0.717, 1.165) is 12.8 Å². The molecule has 0 saturated carbocycles. The minimum atomic E-state index is -3.17. The lowest BCUT2D eigenvalue weighted by molar-refractivity contribution is -0.143. The molecule has 4 nitrogen and oxygen atoms in total. The van der Waals surface area contributed by atoms with Crippen LogP contribution >= 0.6 is 0 Å². The first kappa shape index (κ1) is 24.0. The largest absolute Gasteiger partial charge is 0.466 e. The smallest absolute Gasteiger partial charge is 0.342 e. The Morgan fingerprint density at radius 2 is 2.00 bits per heavy atom. The summed E-state index contributed by atoms with van der Waals surface area (Å²) in [7, 11) is 0. The number of hydrogen-bond donors (Lipinski definition) is 1. The average molecular weight is 395 g/mol. The predicted molar refractivity (Wildman–Crippen MR) is 104 cm³/mol. The van der Waals surface area contributed by atoms with Crippen LogP contribution in [0, 0.1) is 29.1 Å². The number of nitriles is 1. The number of halogens is 2. The van der Waals surface area contributed by atoms with Crippen LogP contribution in [0.2, 0.25) is 0 Å². The SMILES string of the molecule is CCOC(=O)CC1c2cc(C#N)ccc2C[C@@H]1CC(C)CC(C)C.OC(F)F. The van der Waals surface area contributed by atoms with Gasteiger partial charge in [-0.3, -0.25) is 4.79 Å². The first-order valence-corrected chi connectivity index (χ1v) is 9.82. The van der Waals surface area contributed by atoms with E-state index in [1.165, 1.54) is 17.5 Å². The van der Waals surface area contributed by atoms with Crippen LogP contribution in [0.5, 0.6) is 0 Å². The Labute approximate surface area is 166 Å². The second kappa shape index (κ2) is 11.8. The Kier molecular flexibility index (Phi) is 10.1. The molecule has 0 aromatic heterocycles. The quantitative estimate of drug-likeness (QED) is 0.657. The summed E-state index contributed by atoms with van der Waals surface area (Å²) in [6, 6.07) is 8.16. The summed E-state index contributed by atoms with van der Waals surface area (Å²) in [6.45, 7) is 5.93. The van der Waals surface area contributed by atoms with Crippen molar-refractivity contribution in [3.63, 3.8) is 0 Å². The number of alkyl halides is 2. The van der Waals surface area contributed by atoms with Crippen molar-refractivity contribution in [1.82, 2.24) is 0 Å². The highest BCUT2D eigenvalue weighted by atomic mass is 19.3. The van der Waals surface area contributed by atoms with E-state index in [2.05, 4.69) is 32.9 Å². The lowest BCUT2D eigenvalue weighted by atomic mass is 9.81. The van der Waals surface area contributed by atoms with Crippen molar-refractivity contribution in [2.45, 2.75) is 65.9 Å². The zero-order chi connectivity index (χ0) is 21.3. The maximum atomic E-state index is 12.1. The molecular formula is C22H31F2NO3. The summed E-state index contributed by atoms with van der Waals surface area (Å²) >= 11 is 0. The minimum Gasteiger partial charge on any atom is -0.466 e. The molecule has 0 amide bonds. The standard InChI is InChI=1S/C21H29NO2.CH2F2O/c1-5-24-21(23)12-20-18(9-15(4)8-14(2)3)11-17-7-6-16(13-22)10-19(17)20;2-1(3)4/h6-7,10,14-15,18,20H,5,8-9,11-12H2,1-4H3;1,4H/t15?,18-,20?;/m0./s1. The molecule has 156 valence electrons. The van der Waals surface area contributed by atoms with Gasteiger partial charge in [-0.1, -0.05) is 26.8 Å². The zero-order valence-electron chi connectivity index (χ0n) is 17.1. The molecule has 1 aromatic carbocycles. The fourth-order valence-electron chi connectivity index (χ4n) is 4.22. The zero-order valence-corrected chi connectivity index (χ0v) is 17.1. The Morgan fingerprint density at radius 3 is 2.54 bits per heavy atom. The molecule has 1 N–H and O–H groups in total. The molecule has 2 rings (SSSR count). The van der Waals surface area contributed by atoms with E-state index in [0.29, 0.717) is 36.3 Å². The van der Waals surface area contributed by atoms with E-state index in [1.54, 1.807) is 0 Å². The van der Waals surface area contributed by atoms with Crippen molar-refractivity contribution in [1.29, 1.82) is 5.26 Å². The summed E-state index contributed by atoms with van der Waals surface area (Å²) in [4.78, 5) is 12.1. The number of rotatable bonds is 7. The average Bonchev–Trinajstić information content (AvgIpc) is 2.90. The third-order valence-electron chi connectivity index (χ3n) is 5.00. The Bertz CT molecular complexity index is 667. The van der Waals surface area contributed by atoms with Crippen LogP contribution in [0.3, 0.4) is 0 Å². The summed E-state index contributed by atoms with van der Waals surface area (Å²) in [5.74, 6) is 1.86. The van der Waals surface area contributed by atoms with Gasteiger partial charge in [0.15, 0.2) is 0 Å². The summed E-state index contributed by atoms with van der Waals surface area (Å²) in [5.41, 5.74) is 3.16. The molecule has 0 bridgehead atoms. The monoisotopic (exact) mass is 395 g/mol. The van der Waals surface area contributed by atoms with Gasteiger partial charge in [0.1, 0.15) is 0 Å². The molecule has 28 heavy (non-hydrogen) atoms. The highest BCUT2D eigenvalue weighted by Crippen LogP contribution is 2.44. The fourth-order valence-corrected chi connectivity index (χ4v) is 4.22. The maximum absolute atomic E-state index is 12.1. The third-order valence-corrected chi connectivity index (χ3v) is 5.00. The van der Waals surface area contributed by atoms with Gasteiger partial charge in [0.25, 0.3) is 0 Å². The molecule has 0 fully saturated rings. The molecular weight excluding hydrogens is 364 g/mol. The fraction of sp³-hybridized carbons (Fsp3) is 0.636. The molecule has 3 atom stereocenters. The van der Waals surface area contributed by atoms with Crippen LogP contribution in [-0.4, -0.2) is 24.3 Å². The van der Waals surface area contributed by atoms with Gasteiger partial charge in [-0.05, 0) is 73.1 Å². The van der Waals surface area contributed by atoms with Crippen molar-refractivity contribution in [2.24, 2.45) is 17.8 Å². The Morgan fingerprint density at radius 1 is 1.36 bits per heavy atom. The Hall–Kier alpha value is -2.00. The molecule has 0 radical (unpaired) electrons. The number of nitrogens with zero attached hydrogens (tertiary/aromatic N) is 1. The number of aliphatic hydroxyl groups is 1. The second-order valence-electron chi connectivity index (χ2n) is 7.85. The van der Waals surface area contributed by atoms with Crippen molar-refractivity contribution in [3.05, 3.63) is 34.9 Å². The van der Waals surface area contributed by atoms with Crippen molar-refractivity contribution in [3.8, 4) is 6.07 Å². The van der Waals surface area contributed by atoms with Gasteiger partial charge in [0.05, 0.1) is 24.7 Å². The van der Waals surface area contributed by atoms with E-state index in [4.69, 9.17) is 9.84 Å². The van der Waals surface area contributed by atoms with Crippen molar-refractivity contribution >= 4 is 5.97 Å². The van der Waals surface area contributed by atoms with Gasteiger partial charge in [-0.2, -0.15) is 14.0 Å². The van der Waals surface area contributed by atoms with Gasteiger partial charge in [0.2, 0.25) is 0 Å². The first-order valence-electron chi connectivity index (χ1n) is 9.82. The summed E-state index contributed by atoms with van der Waals surface area (Å²) in [6.07, 6.45) is 3.77. The first-order chi connectivity index (χ1) is 13.2. The number of carbonyl (C=O) groups is 1. The number of benzene rings is 1. The maximum Gasteiger partial charge on any atom is 0.342 e. The topological polar surface area (TPSA) is 70.3 Å². The lowest BCUT2D eigenvalue weighted by Crippen LogP contribution is -2.17. The molecule has 0 saturated heterocycles. The van der Waals surface area contributed by atoms with Crippen LogP contribution < -0.4 is 0 Å². The highest BCUT2D eigenvalue weighted by Gasteiger charge is 2.35. The highest BCUT2D eigenvalue weighted by molar-refractivity contribution is 5.71. The molecule has 1 aliphatic rings. The van der Waals surface area contributed by atoms with E-state index in [1.807, 2.05) is 19.1 Å². The van der Waals surface area contributed by atoms with Crippen LogP contribution in [0.1, 0.15) is 69.6 Å². The number of esters is 1. The van der Waals surface area contributed by atoms with E-state index >= 15 is 0 Å². The van der Waals surface area contributed by atoms with E-state index in [9.17, 15) is 18.8 Å². The van der Waals surface area contributed by atoms with E-state index in [-0.39, 0.29) is 11.9 Å². The number of aliphatic hydroxyl groups excluding tert-OH is 1. The molecule has 0 aliphatic heterocycles.